The van der Waals surface area contributed by atoms with Gasteiger partial charge in [-0.3, -0.25) is 9.80 Å². The molecular weight excluding hydrogens is 228 g/mol. The van der Waals surface area contributed by atoms with Crippen molar-refractivity contribution in [2.45, 2.75) is 6.92 Å². The fourth-order valence-electron chi connectivity index (χ4n) is 1.57. The summed E-state index contributed by atoms with van der Waals surface area (Å²) in [5.41, 5.74) is 0. The van der Waals surface area contributed by atoms with Crippen molar-refractivity contribution in [2.24, 2.45) is 0 Å². The maximum Gasteiger partial charge on any atom is 0.0164 e. The predicted octanol–water partition coefficient (Wildman–Crippen LogP) is 1.58. The van der Waals surface area contributed by atoms with Crippen LogP contribution in [0.1, 0.15) is 6.92 Å². The number of piperazine rings is 1. The minimum Gasteiger partial charge on any atom is -0.300 e. The van der Waals surface area contributed by atoms with Crippen LogP contribution in [-0.2, 0) is 0 Å². The lowest BCUT2D eigenvalue weighted by atomic mass is 10.3. The molecule has 1 rings (SSSR count). The van der Waals surface area contributed by atoms with Crippen molar-refractivity contribution in [3.63, 3.8) is 0 Å². The number of hydrogen-bond acceptors (Lipinski definition) is 2. The molecule has 1 aliphatic rings. The van der Waals surface area contributed by atoms with E-state index in [0.717, 1.165) is 11.9 Å². The third kappa shape index (κ3) is 4.25. The average Bonchev–Trinajstić information content (AvgIpc) is 2.17. The number of rotatable bonds is 4. The monoisotopic (exact) mass is 246 g/mol. The van der Waals surface area contributed by atoms with Gasteiger partial charge in [-0.25, -0.2) is 0 Å². The van der Waals surface area contributed by atoms with Crippen molar-refractivity contribution < 1.29 is 0 Å². The van der Waals surface area contributed by atoms with Crippen molar-refractivity contribution in [3.8, 4) is 0 Å². The third-order valence-electron chi connectivity index (χ3n) is 2.46. The maximum absolute atomic E-state index is 3.48. The quantitative estimate of drug-likeness (QED) is 0.549. The molecule has 0 aliphatic carbocycles. The number of nitrogens with zero attached hydrogens (tertiary/aromatic N) is 2. The summed E-state index contributed by atoms with van der Waals surface area (Å²) in [4.78, 5) is 5.02. The van der Waals surface area contributed by atoms with E-state index in [-0.39, 0.29) is 0 Å². The van der Waals surface area contributed by atoms with E-state index in [9.17, 15) is 0 Å². The standard InChI is InChI=1S/C10H19BrN2/c1-2-3-5-12-7-9-13(6-4-11)10-8-12/h2-3H,4-10H2,1H3/b3-2+. The molecule has 0 unspecified atom stereocenters. The molecule has 13 heavy (non-hydrogen) atoms. The van der Waals surface area contributed by atoms with E-state index in [1.165, 1.54) is 32.7 Å². The van der Waals surface area contributed by atoms with Gasteiger partial charge in [-0.1, -0.05) is 28.1 Å². The molecule has 2 nitrogen and oxygen atoms in total. The lowest BCUT2D eigenvalue weighted by Crippen LogP contribution is -2.46. The molecule has 0 aromatic carbocycles. The Hall–Kier alpha value is 0.140. The van der Waals surface area contributed by atoms with Crippen LogP contribution >= 0.6 is 15.9 Å². The van der Waals surface area contributed by atoms with Crippen LogP contribution in [0.15, 0.2) is 12.2 Å². The van der Waals surface area contributed by atoms with Gasteiger partial charge in [0, 0.05) is 44.6 Å². The van der Waals surface area contributed by atoms with Gasteiger partial charge in [0.15, 0.2) is 0 Å². The molecule has 0 aromatic rings. The second-order valence-electron chi connectivity index (χ2n) is 3.40. The van der Waals surface area contributed by atoms with Gasteiger partial charge in [0.05, 0.1) is 0 Å². The second kappa shape index (κ2) is 6.57. The first-order valence-corrected chi connectivity index (χ1v) is 6.11. The molecular formula is C10H19BrN2. The van der Waals surface area contributed by atoms with Crippen molar-refractivity contribution in [2.75, 3.05) is 44.6 Å². The summed E-state index contributed by atoms with van der Waals surface area (Å²) < 4.78 is 0. The van der Waals surface area contributed by atoms with Crippen LogP contribution in [0.3, 0.4) is 0 Å². The van der Waals surface area contributed by atoms with Gasteiger partial charge in [0.1, 0.15) is 0 Å². The fraction of sp³-hybridized carbons (Fsp3) is 0.800. The molecule has 0 amide bonds. The fourth-order valence-corrected chi connectivity index (χ4v) is 2.07. The first-order valence-electron chi connectivity index (χ1n) is 4.98. The van der Waals surface area contributed by atoms with Crippen LogP contribution in [-0.4, -0.2) is 54.4 Å². The van der Waals surface area contributed by atoms with Crippen LogP contribution < -0.4 is 0 Å². The highest BCUT2D eigenvalue weighted by Crippen LogP contribution is 2.01. The molecule has 76 valence electrons. The van der Waals surface area contributed by atoms with Gasteiger partial charge in [-0.15, -0.1) is 0 Å². The summed E-state index contributed by atoms with van der Waals surface area (Å²) in [5, 5.41) is 1.10. The molecule has 0 radical (unpaired) electrons. The van der Waals surface area contributed by atoms with Crippen molar-refractivity contribution in [1.29, 1.82) is 0 Å². The molecule has 1 fully saturated rings. The van der Waals surface area contributed by atoms with E-state index < -0.39 is 0 Å². The smallest absolute Gasteiger partial charge is 0.0164 e. The minimum absolute atomic E-state index is 1.10. The maximum atomic E-state index is 3.48. The lowest BCUT2D eigenvalue weighted by Gasteiger charge is -2.33. The summed E-state index contributed by atoms with van der Waals surface area (Å²) in [6.45, 7) is 9.29. The predicted molar refractivity (Wildman–Crippen MR) is 61.5 cm³/mol. The van der Waals surface area contributed by atoms with Crippen LogP contribution in [0.5, 0.6) is 0 Å². The Labute approximate surface area is 89.7 Å². The second-order valence-corrected chi connectivity index (χ2v) is 4.19. The minimum atomic E-state index is 1.10. The third-order valence-corrected chi connectivity index (χ3v) is 2.82. The highest BCUT2D eigenvalue weighted by atomic mass is 79.9. The van der Waals surface area contributed by atoms with Crippen LogP contribution in [0, 0.1) is 0 Å². The van der Waals surface area contributed by atoms with E-state index in [0.29, 0.717) is 0 Å². The lowest BCUT2D eigenvalue weighted by molar-refractivity contribution is 0.149. The summed E-state index contributed by atoms with van der Waals surface area (Å²) in [7, 11) is 0. The van der Waals surface area contributed by atoms with E-state index in [1.54, 1.807) is 0 Å². The Bertz CT molecular complexity index is 151. The number of halogens is 1. The van der Waals surface area contributed by atoms with Crippen molar-refractivity contribution >= 4 is 15.9 Å². The van der Waals surface area contributed by atoms with Gasteiger partial charge in [0.25, 0.3) is 0 Å². The SMILES string of the molecule is C/C=C/CN1CCN(CCBr)CC1. The molecule has 1 heterocycles. The Balaban J connectivity index is 2.14. The van der Waals surface area contributed by atoms with Crippen LogP contribution in [0.25, 0.3) is 0 Å². The zero-order chi connectivity index (χ0) is 9.52. The summed E-state index contributed by atoms with van der Waals surface area (Å²) in [6.07, 6.45) is 4.37. The van der Waals surface area contributed by atoms with Crippen molar-refractivity contribution in [1.82, 2.24) is 9.80 Å². The molecule has 0 aromatic heterocycles. The van der Waals surface area contributed by atoms with E-state index >= 15 is 0 Å². The molecule has 0 bridgehead atoms. The first-order chi connectivity index (χ1) is 6.36. The Morgan fingerprint density at radius 1 is 1.15 bits per heavy atom. The Morgan fingerprint density at radius 3 is 2.31 bits per heavy atom. The largest absolute Gasteiger partial charge is 0.300 e. The molecule has 1 saturated heterocycles. The number of allylic oxidation sites excluding steroid dienone is 1. The molecule has 0 saturated carbocycles. The van der Waals surface area contributed by atoms with Gasteiger partial charge >= 0.3 is 0 Å². The van der Waals surface area contributed by atoms with E-state index in [1.807, 2.05) is 0 Å². The summed E-state index contributed by atoms with van der Waals surface area (Å²) >= 11 is 3.48. The summed E-state index contributed by atoms with van der Waals surface area (Å²) in [5.74, 6) is 0. The zero-order valence-electron chi connectivity index (χ0n) is 8.38. The molecule has 1 aliphatic heterocycles. The normalized spacial score (nSPS) is 21.4. The highest BCUT2D eigenvalue weighted by molar-refractivity contribution is 9.09. The molecule has 3 heteroatoms. The van der Waals surface area contributed by atoms with Crippen LogP contribution in [0.4, 0.5) is 0 Å². The van der Waals surface area contributed by atoms with Gasteiger partial charge in [-0.05, 0) is 6.92 Å². The number of hydrogen-bond donors (Lipinski definition) is 0. The Morgan fingerprint density at radius 2 is 1.77 bits per heavy atom. The molecule has 0 N–H and O–H groups in total. The van der Waals surface area contributed by atoms with E-state index in [2.05, 4.69) is 44.8 Å². The Kier molecular flexibility index (Phi) is 5.67. The van der Waals surface area contributed by atoms with Gasteiger partial charge in [0.2, 0.25) is 0 Å². The van der Waals surface area contributed by atoms with Crippen LogP contribution in [0.2, 0.25) is 0 Å². The van der Waals surface area contributed by atoms with Gasteiger partial charge in [-0.2, -0.15) is 0 Å². The van der Waals surface area contributed by atoms with Gasteiger partial charge < -0.3 is 0 Å². The summed E-state index contributed by atoms with van der Waals surface area (Å²) in [6, 6.07) is 0. The first kappa shape index (κ1) is 11.2. The molecule has 0 atom stereocenters. The molecule has 0 spiro atoms. The van der Waals surface area contributed by atoms with E-state index in [4.69, 9.17) is 0 Å². The average molecular weight is 247 g/mol. The zero-order valence-corrected chi connectivity index (χ0v) is 9.96. The highest BCUT2D eigenvalue weighted by Gasteiger charge is 2.14. The van der Waals surface area contributed by atoms with Crippen molar-refractivity contribution in [3.05, 3.63) is 12.2 Å². The number of alkyl halides is 1. The topological polar surface area (TPSA) is 6.48 Å².